The van der Waals surface area contributed by atoms with Gasteiger partial charge in [-0.25, -0.2) is 0 Å². The zero-order chi connectivity index (χ0) is 27.6. The van der Waals surface area contributed by atoms with Crippen LogP contribution in [0.2, 0.25) is 0 Å². The summed E-state index contributed by atoms with van der Waals surface area (Å²) in [6, 6.07) is 46.8. The smallest absolute Gasteiger partial charge is 0.0181 e. The molecule has 0 radical (unpaired) electrons. The first kappa shape index (κ1) is 26.7. The fourth-order valence-corrected chi connectivity index (χ4v) is 4.71. The van der Waals surface area contributed by atoms with Gasteiger partial charge in [-0.3, -0.25) is 0 Å². The zero-order valence-corrected chi connectivity index (χ0v) is 23.2. The van der Waals surface area contributed by atoms with Crippen molar-refractivity contribution in [2.75, 3.05) is 0 Å². The van der Waals surface area contributed by atoms with Crippen molar-refractivity contribution in [3.63, 3.8) is 0 Å². The maximum absolute atomic E-state index is 2.26. The van der Waals surface area contributed by atoms with Crippen LogP contribution in [0.25, 0.3) is 47.6 Å². The van der Waals surface area contributed by atoms with E-state index in [1.54, 1.807) is 0 Å². The average Bonchev–Trinajstić information content (AvgIpc) is 3.01. The minimum absolute atomic E-state index is 1.18. The Bertz CT molecular complexity index is 1530. The van der Waals surface area contributed by atoms with Gasteiger partial charge in [0.2, 0.25) is 0 Å². The second kappa shape index (κ2) is 13.2. The molecule has 0 aliphatic rings. The lowest BCUT2D eigenvalue weighted by Gasteiger charge is -2.05. The van der Waals surface area contributed by atoms with Gasteiger partial charge >= 0.3 is 0 Å². The monoisotopic (exact) mass is 514 g/mol. The predicted octanol–water partition coefficient (Wildman–Crippen LogP) is 11.1. The van der Waals surface area contributed by atoms with Gasteiger partial charge < -0.3 is 0 Å². The molecule has 0 saturated heterocycles. The van der Waals surface area contributed by atoms with E-state index < -0.39 is 0 Å². The molecule has 5 rings (SSSR count). The zero-order valence-electron chi connectivity index (χ0n) is 23.2. The van der Waals surface area contributed by atoms with Crippen LogP contribution in [0.15, 0.2) is 133 Å². The summed E-state index contributed by atoms with van der Waals surface area (Å²) >= 11 is 0. The lowest BCUT2D eigenvalue weighted by molar-refractivity contribution is 1.56. The third-order valence-electron chi connectivity index (χ3n) is 7.04. The van der Waals surface area contributed by atoms with Crippen LogP contribution < -0.4 is 0 Å². The van der Waals surface area contributed by atoms with Crippen LogP contribution in [-0.4, -0.2) is 0 Å². The SMILES string of the molecule is C/C(=C/c1ccccc1C=Cc1ccc(C=Cc2ccccc2/C=C(/C)c2ccccc2)cc1)c1ccccc1. The van der Waals surface area contributed by atoms with Gasteiger partial charge in [-0.15, -0.1) is 0 Å². The van der Waals surface area contributed by atoms with Gasteiger partial charge in [0.15, 0.2) is 0 Å². The molecule has 0 aliphatic carbocycles. The van der Waals surface area contributed by atoms with Crippen LogP contribution >= 0.6 is 0 Å². The lowest BCUT2D eigenvalue weighted by atomic mass is 10.00. The van der Waals surface area contributed by atoms with E-state index in [1.807, 2.05) is 0 Å². The van der Waals surface area contributed by atoms with E-state index in [2.05, 4.69) is 184 Å². The van der Waals surface area contributed by atoms with Crippen molar-refractivity contribution in [1.29, 1.82) is 0 Å². The van der Waals surface area contributed by atoms with Gasteiger partial charge in [-0.05, 0) is 69.5 Å². The predicted molar refractivity (Wildman–Crippen MR) is 177 cm³/mol. The van der Waals surface area contributed by atoms with E-state index >= 15 is 0 Å². The van der Waals surface area contributed by atoms with Crippen LogP contribution in [-0.2, 0) is 0 Å². The van der Waals surface area contributed by atoms with Gasteiger partial charge in [-0.1, -0.05) is 170 Å². The highest BCUT2D eigenvalue weighted by atomic mass is 14.1. The third-order valence-corrected chi connectivity index (χ3v) is 7.04. The highest BCUT2D eigenvalue weighted by Crippen LogP contribution is 2.23. The van der Waals surface area contributed by atoms with Crippen molar-refractivity contribution < 1.29 is 0 Å². The molecule has 0 aromatic heterocycles. The molecule has 0 bridgehead atoms. The molecule has 0 fully saturated rings. The lowest BCUT2D eigenvalue weighted by Crippen LogP contribution is -1.84. The summed E-state index contributed by atoms with van der Waals surface area (Å²) in [7, 11) is 0. The van der Waals surface area contributed by atoms with E-state index in [-0.39, 0.29) is 0 Å². The van der Waals surface area contributed by atoms with E-state index in [1.165, 1.54) is 55.7 Å². The summed E-state index contributed by atoms with van der Waals surface area (Å²) in [5, 5.41) is 0. The van der Waals surface area contributed by atoms with E-state index in [0.717, 1.165) is 0 Å². The Morgan fingerprint density at radius 2 is 0.675 bits per heavy atom. The first-order valence-electron chi connectivity index (χ1n) is 13.8. The Hall–Kier alpha value is -4.94. The number of hydrogen-bond donors (Lipinski definition) is 0. The van der Waals surface area contributed by atoms with Crippen LogP contribution in [0.5, 0.6) is 0 Å². The first-order chi connectivity index (χ1) is 19.7. The number of benzene rings is 5. The van der Waals surface area contributed by atoms with E-state index in [4.69, 9.17) is 0 Å². The normalized spacial score (nSPS) is 12.3. The maximum Gasteiger partial charge on any atom is -0.0181 e. The van der Waals surface area contributed by atoms with Gasteiger partial charge in [0.1, 0.15) is 0 Å². The molecule has 40 heavy (non-hydrogen) atoms. The molecular formula is C40H34. The van der Waals surface area contributed by atoms with Gasteiger partial charge in [0.25, 0.3) is 0 Å². The van der Waals surface area contributed by atoms with Crippen molar-refractivity contribution in [3.8, 4) is 0 Å². The Morgan fingerprint density at radius 1 is 0.350 bits per heavy atom. The minimum Gasteiger partial charge on any atom is -0.0622 e. The van der Waals surface area contributed by atoms with Crippen molar-refractivity contribution in [2.24, 2.45) is 0 Å². The molecule has 5 aromatic rings. The fraction of sp³-hybridized carbons (Fsp3) is 0.0500. The van der Waals surface area contributed by atoms with Crippen molar-refractivity contribution >= 4 is 47.6 Å². The Balaban J connectivity index is 1.30. The number of allylic oxidation sites excluding steroid dienone is 2. The molecule has 5 aromatic carbocycles. The highest BCUT2D eigenvalue weighted by molar-refractivity contribution is 5.86. The standard InChI is InChI=1S/C40H34/c1-31(35-13-5-3-6-14-35)29-39-19-11-9-17-37(39)27-25-33-21-23-34(24-22-33)26-28-38-18-10-12-20-40(38)30-32(2)36-15-7-4-8-16-36/h3-30H,1-2H3/b27-25?,28-26?,31-29-,32-30-. The molecule has 194 valence electrons. The van der Waals surface area contributed by atoms with Crippen LogP contribution in [0.3, 0.4) is 0 Å². The summed E-state index contributed by atoms with van der Waals surface area (Å²) in [6.07, 6.45) is 13.3. The quantitative estimate of drug-likeness (QED) is 0.181. The second-order valence-corrected chi connectivity index (χ2v) is 9.98. The van der Waals surface area contributed by atoms with Crippen molar-refractivity contribution in [3.05, 3.63) is 178 Å². The molecule has 0 atom stereocenters. The van der Waals surface area contributed by atoms with Crippen LogP contribution in [0.1, 0.15) is 58.4 Å². The summed E-state index contributed by atoms with van der Waals surface area (Å²) in [6.45, 7) is 4.34. The average molecular weight is 515 g/mol. The number of rotatable bonds is 8. The highest BCUT2D eigenvalue weighted by Gasteiger charge is 2.01. The molecular weight excluding hydrogens is 480 g/mol. The van der Waals surface area contributed by atoms with Gasteiger partial charge in [-0.2, -0.15) is 0 Å². The molecule has 0 heterocycles. The summed E-state index contributed by atoms with van der Waals surface area (Å²) in [4.78, 5) is 0. The molecule has 0 saturated carbocycles. The van der Waals surface area contributed by atoms with Gasteiger partial charge in [0.05, 0.1) is 0 Å². The van der Waals surface area contributed by atoms with Crippen molar-refractivity contribution in [2.45, 2.75) is 13.8 Å². The number of hydrogen-bond acceptors (Lipinski definition) is 0. The Morgan fingerprint density at radius 3 is 1.05 bits per heavy atom. The van der Waals surface area contributed by atoms with Crippen LogP contribution in [0.4, 0.5) is 0 Å². The molecule has 0 amide bonds. The van der Waals surface area contributed by atoms with E-state index in [0.29, 0.717) is 0 Å². The fourth-order valence-electron chi connectivity index (χ4n) is 4.71. The minimum atomic E-state index is 1.18. The summed E-state index contributed by atoms with van der Waals surface area (Å²) < 4.78 is 0. The topological polar surface area (TPSA) is 0 Å². The van der Waals surface area contributed by atoms with Gasteiger partial charge in [0, 0.05) is 0 Å². The molecule has 0 unspecified atom stereocenters. The Labute approximate surface area is 239 Å². The third kappa shape index (κ3) is 7.12. The summed E-state index contributed by atoms with van der Waals surface area (Å²) in [5.41, 5.74) is 12.2. The summed E-state index contributed by atoms with van der Waals surface area (Å²) in [5.74, 6) is 0. The molecule has 0 aliphatic heterocycles. The van der Waals surface area contributed by atoms with Crippen molar-refractivity contribution in [1.82, 2.24) is 0 Å². The molecule has 0 heteroatoms. The first-order valence-corrected chi connectivity index (χ1v) is 13.8. The van der Waals surface area contributed by atoms with E-state index in [9.17, 15) is 0 Å². The molecule has 0 spiro atoms. The largest absolute Gasteiger partial charge is 0.0622 e. The molecule has 0 nitrogen and oxygen atoms in total. The second-order valence-electron chi connectivity index (χ2n) is 9.98. The molecule has 0 N–H and O–H groups in total. The van der Waals surface area contributed by atoms with Crippen LogP contribution in [0, 0.1) is 0 Å². The maximum atomic E-state index is 2.26. The Kier molecular flexibility index (Phi) is 8.81.